The fraction of sp³-hybridized carbons (Fsp3) is 0.261. The monoisotopic (exact) mass is 467 g/mol. The van der Waals surface area contributed by atoms with Crippen LogP contribution >= 0.6 is 11.3 Å². The van der Waals surface area contributed by atoms with E-state index < -0.39 is 30.2 Å². The zero-order valence-electron chi connectivity index (χ0n) is 17.5. The Morgan fingerprint density at radius 3 is 2.55 bits per heavy atom. The van der Waals surface area contributed by atoms with E-state index >= 15 is 8.78 Å². The van der Waals surface area contributed by atoms with Crippen LogP contribution in [0, 0.1) is 0 Å². The second-order valence-electron chi connectivity index (χ2n) is 8.45. The lowest BCUT2D eigenvalue weighted by atomic mass is 9.98. The third kappa shape index (κ3) is 2.97. The van der Waals surface area contributed by atoms with E-state index in [0.717, 1.165) is 10.2 Å². The van der Waals surface area contributed by atoms with Crippen molar-refractivity contribution in [2.45, 2.75) is 18.4 Å². The molecule has 2 aliphatic heterocycles. The molecule has 0 saturated carbocycles. The molecule has 1 saturated heterocycles. The van der Waals surface area contributed by atoms with Gasteiger partial charge in [0, 0.05) is 35.6 Å². The second-order valence-corrected chi connectivity index (χ2v) is 9.37. The molecule has 4 aromatic rings. The maximum Gasteiger partial charge on any atom is 0.261 e. The van der Waals surface area contributed by atoms with Crippen LogP contribution in [0.5, 0.6) is 0 Å². The third-order valence-corrected chi connectivity index (χ3v) is 7.20. The highest BCUT2D eigenvalue weighted by Crippen LogP contribution is 2.39. The van der Waals surface area contributed by atoms with Crippen molar-refractivity contribution in [2.24, 2.45) is 0 Å². The van der Waals surface area contributed by atoms with Crippen LogP contribution in [0.15, 0.2) is 41.9 Å². The molecule has 1 aromatic carbocycles. The van der Waals surface area contributed by atoms with Gasteiger partial charge in [0.15, 0.2) is 0 Å². The first-order chi connectivity index (χ1) is 15.9. The zero-order chi connectivity index (χ0) is 22.9. The van der Waals surface area contributed by atoms with Gasteiger partial charge in [-0.25, -0.2) is 8.78 Å². The minimum absolute atomic E-state index is 0.0843. The van der Waals surface area contributed by atoms with Gasteiger partial charge < -0.3 is 9.88 Å². The number of benzene rings is 1. The molecule has 1 fully saturated rings. The lowest BCUT2D eigenvalue weighted by molar-refractivity contribution is -0.122. The van der Waals surface area contributed by atoms with Gasteiger partial charge in [0.1, 0.15) is 28.9 Å². The van der Waals surface area contributed by atoms with Crippen LogP contribution in [0.2, 0.25) is 0 Å². The number of fused-ring (bicyclic) bond motifs is 2. The summed E-state index contributed by atoms with van der Waals surface area (Å²) in [5, 5.41) is 10.2. The van der Waals surface area contributed by atoms with Crippen molar-refractivity contribution in [3.63, 3.8) is 0 Å². The number of nitrogens with zero attached hydrogens (tertiary/aromatic N) is 3. The van der Waals surface area contributed by atoms with Gasteiger partial charge in [-0.2, -0.15) is 5.10 Å². The van der Waals surface area contributed by atoms with Crippen molar-refractivity contribution in [3.8, 4) is 0 Å². The standard InChI is InChI=1S/C23H19F2N5O2S/c1-29-9-14(24)20(15(25)10-29)30-16-5-3-2-4-12(16)19(28-30)18-17(21(31)27-22(18)32)13-8-26-23-11(13)6-7-33-23/h2-8,14-15,20,26H,9-10H2,1H3,(H,27,31,32). The van der Waals surface area contributed by atoms with Crippen LogP contribution in [0.25, 0.3) is 32.3 Å². The molecule has 168 valence electrons. The van der Waals surface area contributed by atoms with Gasteiger partial charge in [0.05, 0.1) is 16.7 Å². The summed E-state index contributed by atoms with van der Waals surface area (Å²) in [5.41, 5.74) is 1.67. The molecule has 10 heteroatoms. The van der Waals surface area contributed by atoms with Gasteiger partial charge in [-0.3, -0.25) is 19.6 Å². The number of alkyl halides is 2. The first-order valence-corrected chi connectivity index (χ1v) is 11.4. The summed E-state index contributed by atoms with van der Waals surface area (Å²) in [7, 11) is 1.68. The Morgan fingerprint density at radius 1 is 1.03 bits per heavy atom. The fourth-order valence-electron chi connectivity index (χ4n) is 4.91. The Bertz CT molecular complexity index is 1460. The number of thiophene rings is 1. The molecule has 6 rings (SSSR count). The molecule has 2 N–H and O–H groups in total. The number of likely N-dealkylation sites (tertiary alicyclic amines) is 1. The van der Waals surface area contributed by atoms with Crippen LogP contribution in [-0.4, -0.2) is 64.0 Å². The second kappa shape index (κ2) is 7.32. The molecule has 2 unspecified atom stereocenters. The van der Waals surface area contributed by atoms with E-state index in [9.17, 15) is 9.59 Å². The molecule has 0 radical (unpaired) electrons. The topological polar surface area (TPSA) is 83.0 Å². The smallest absolute Gasteiger partial charge is 0.261 e. The van der Waals surface area contributed by atoms with Gasteiger partial charge in [0.2, 0.25) is 0 Å². The van der Waals surface area contributed by atoms with Crippen molar-refractivity contribution in [3.05, 3.63) is 53.2 Å². The van der Waals surface area contributed by atoms with Gasteiger partial charge in [-0.15, -0.1) is 11.3 Å². The number of aromatic nitrogens is 3. The highest BCUT2D eigenvalue weighted by atomic mass is 32.1. The quantitative estimate of drug-likeness (QED) is 0.453. The number of piperidine rings is 1. The number of hydrogen-bond acceptors (Lipinski definition) is 5. The van der Waals surface area contributed by atoms with Crippen LogP contribution in [-0.2, 0) is 9.59 Å². The summed E-state index contributed by atoms with van der Waals surface area (Å²) < 4.78 is 31.4. The molecule has 0 bridgehead atoms. The van der Waals surface area contributed by atoms with Gasteiger partial charge >= 0.3 is 0 Å². The summed E-state index contributed by atoms with van der Waals surface area (Å²) in [5.74, 6) is -1.10. The first-order valence-electron chi connectivity index (χ1n) is 10.5. The van der Waals surface area contributed by atoms with Crippen LogP contribution in [0.3, 0.4) is 0 Å². The van der Waals surface area contributed by atoms with Crippen LogP contribution < -0.4 is 5.32 Å². The Kier molecular flexibility index (Phi) is 4.49. The Hall–Kier alpha value is -3.37. The van der Waals surface area contributed by atoms with Gasteiger partial charge in [-0.1, -0.05) is 18.2 Å². The maximum atomic E-state index is 15.0. The molecule has 0 aliphatic carbocycles. The molecule has 0 spiro atoms. The first kappa shape index (κ1) is 20.3. The van der Waals surface area contributed by atoms with Crippen molar-refractivity contribution in [1.82, 2.24) is 25.0 Å². The van der Waals surface area contributed by atoms with E-state index in [2.05, 4.69) is 15.4 Å². The lowest BCUT2D eigenvalue weighted by Gasteiger charge is -2.35. The van der Waals surface area contributed by atoms with E-state index in [-0.39, 0.29) is 29.9 Å². The molecule has 2 atom stereocenters. The SMILES string of the molecule is CN1CC(F)C(n2nc(C3=C(c4c[nH]c5sccc45)C(=O)NC3=O)c3ccccc32)C(F)C1. The fourth-order valence-corrected chi connectivity index (χ4v) is 5.69. The number of amides is 2. The highest BCUT2D eigenvalue weighted by molar-refractivity contribution is 7.16. The number of carbonyl (C=O) groups is 2. The molecule has 2 amide bonds. The van der Waals surface area contributed by atoms with E-state index in [4.69, 9.17) is 0 Å². The largest absolute Gasteiger partial charge is 0.352 e. The summed E-state index contributed by atoms with van der Waals surface area (Å²) in [6, 6.07) is 7.76. The minimum Gasteiger partial charge on any atom is -0.352 e. The number of rotatable bonds is 3. The average Bonchev–Trinajstić information content (AvgIpc) is 3.51. The van der Waals surface area contributed by atoms with Crippen LogP contribution in [0.4, 0.5) is 8.78 Å². The van der Waals surface area contributed by atoms with Crippen molar-refractivity contribution < 1.29 is 18.4 Å². The van der Waals surface area contributed by atoms with Crippen molar-refractivity contribution in [2.75, 3.05) is 20.1 Å². The number of H-pyrrole nitrogens is 1. The average molecular weight is 468 g/mol. The molecule has 33 heavy (non-hydrogen) atoms. The molecular weight excluding hydrogens is 448 g/mol. The highest BCUT2D eigenvalue weighted by Gasteiger charge is 2.41. The number of halogens is 2. The van der Waals surface area contributed by atoms with E-state index in [1.54, 1.807) is 42.4 Å². The van der Waals surface area contributed by atoms with Gasteiger partial charge in [0.25, 0.3) is 11.8 Å². The number of carbonyl (C=O) groups excluding carboxylic acids is 2. The molecule has 7 nitrogen and oxygen atoms in total. The minimum atomic E-state index is -1.47. The Labute approximate surface area is 190 Å². The molecular formula is C23H19F2N5O2S. The van der Waals surface area contributed by atoms with Crippen molar-refractivity contribution in [1.29, 1.82) is 0 Å². The predicted molar refractivity (Wildman–Crippen MR) is 122 cm³/mol. The third-order valence-electron chi connectivity index (χ3n) is 6.35. The number of imide groups is 1. The lowest BCUT2D eigenvalue weighted by Crippen LogP contribution is -2.48. The summed E-state index contributed by atoms with van der Waals surface area (Å²) in [6.45, 7) is 0.169. The number of hydrogen-bond donors (Lipinski definition) is 2. The number of nitrogens with one attached hydrogen (secondary N) is 2. The molecule has 5 heterocycles. The number of aromatic amines is 1. The normalized spacial score (nSPS) is 24.4. The van der Waals surface area contributed by atoms with Crippen molar-refractivity contribution >= 4 is 55.4 Å². The van der Waals surface area contributed by atoms with Crippen LogP contribution in [0.1, 0.15) is 17.3 Å². The zero-order valence-corrected chi connectivity index (χ0v) is 18.3. The molecule has 3 aromatic heterocycles. The van der Waals surface area contributed by atoms with E-state index in [0.29, 0.717) is 16.5 Å². The summed E-state index contributed by atoms with van der Waals surface area (Å²) in [6.07, 6.45) is -1.25. The van der Waals surface area contributed by atoms with E-state index in [1.165, 1.54) is 16.0 Å². The maximum absolute atomic E-state index is 15.0. The summed E-state index contributed by atoms with van der Waals surface area (Å²) in [4.78, 5) is 31.4. The van der Waals surface area contributed by atoms with Gasteiger partial charge in [-0.05, 0) is 24.6 Å². The number of para-hydroxylation sites is 1. The molecule has 2 aliphatic rings. The Balaban J connectivity index is 1.60. The van der Waals surface area contributed by atoms with E-state index in [1.807, 2.05) is 11.4 Å². The predicted octanol–water partition coefficient (Wildman–Crippen LogP) is 3.31. The Morgan fingerprint density at radius 2 is 1.76 bits per heavy atom. The summed E-state index contributed by atoms with van der Waals surface area (Å²) >= 11 is 1.49.